The molecule has 2 aromatic carbocycles. The molecule has 146 valence electrons. The van der Waals surface area contributed by atoms with E-state index in [-0.39, 0.29) is 31.2 Å². The SMILES string of the molecule is Fc1c(F)c(F)c(-n2c[n+]3c(n2)CO[C@@H]2Cc4ccccc4[C@@H]23)c(F)c1F.[Cl-]. The van der Waals surface area contributed by atoms with Crippen molar-refractivity contribution in [2.75, 3.05) is 0 Å². The number of ether oxygens (including phenoxy) is 1. The van der Waals surface area contributed by atoms with E-state index in [1.54, 1.807) is 4.57 Å². The Labute approximate surface area is 161 Å². The van der Waals surface area contributed by atoms with Gasteiger partial charge in [-0.2, -0.15) is 8.78 Å². The number of nitrogens with zero attached hydrogens (tertiary/aromatic N) is 3. The largest absolute Gasteiger partial charge is 1.00 e. The summed E-state index contributed by atoms with van der Waals surface area (Å²) in [6, 6.07) is 7.37. The number of hydrogen-bond acceptors (Lipinski definition) is 2. The second kappa shape index (κ2) is 6.52. The van der Waals surface area contributed by atoms with E-state index in [9.17, 15) is 22.0 Å². The van der Waals surface area contributed by atoms with Gasteiger partial charge >= 0.3 is 5.82 Å². The number of fused-ring (bicyclic) bond motifs is 5. The van der Waals surface area contributed by atoms with Gasteiger partial charge in [0.05, 0.1) is 0 Å². The molecule has 28 heavy (non-hydrogen) atoms. The highest BCUT2D eigenvalue weighted by atomic mass is 35.5. The lowest BCUT2D eigenvalue weighted by Crippen LogP contribution is -3.00. The quantitative estimate of drug-likeness (QED) is 0.241. The van der Waals surface area contributed by atoms with Crippen LogP contribution in [0.2, 0.25) is 0 Å². The molecule has 4 nitrogen and oxygen atoms in total. The molecule has 10 heteroatoms. The molecule has 0 amide bonds. The van der Waals surface area contributed by atoms with E-state index in [1.165, 1.54) is 6.33 Å². The number of aromatic nitrogens is 3. The summed E-state index contributed by atoms with van der Waals surface area (Å²) in [5.74, 6) is -9.76. The van der Waals surface area contributed by atoms with Gasteiger partial charge in [-0.3, -0.25) is 0 Å². The Morgan fingerprint density at radius 1 is 0.964 bits per heavy atom. The molecule has 5 rings (SSSR count). The first-order valence-electron chi connectivity index (χ1n) is 8.18. The second-order valence-electron chi connectivity index (χ2n) is 6.50. The minimum atomic E-state index is -2.20. The maximum Gasteiger partial charge on any atom is 0.304 e. The number of benzene rings is 2. The van der Waals surface area contributed by atoms with Crippen LogP contribution < -0.4 is 17.0 Å². The minimum absolute atomic E-state index is 0. The average molecular weight is 416 g/mol. The lowest BCUT2D eigenvalue weighted by atomic mass is 10.1. The normalized spacial score (nSPS) is 19.6. The van der Waals surface area contributed by atoms with Gasteiger partial charge in [0.1, 0.15) is 18.8 Å². The number of halogens is 6. The molecule has 0 spiro atoms. The molecular formula is C18H11ClF5N3O. The van der Waals surface area contributed by atoms with Crippen molar-refractivity contribution < 1.29 is 43.7 Å². The van der Waals surface area contributed by atoms with Crippen molar-refractivity contribution in [2.45, 2.75) is 25.2 Å². The Morgan fingerprint density at radius 2 is 1.61 bits per heavy atom. The fourth-order valence-electron chi connectivity index (χ4n) is 3.82. The molecule has 1 aliphatic carbocycles. The molecule has 0 saturated carbocycles. The summed E-state index contributed by atoms with van der Waals surface area (Å²) in [5, 5.41) is 4.01. The van der Waals surface area contributed by atoms with E-state index in [0.29, 0.717) is 16.9 Å². The summed E-state index contributed by atoms with van der Waals surface area (Å²) >= 11 is 0. The zero-order chi connectivity index (χ0) is 18.9. The first-order chi connectivity index (χ1) is 13.0. The smallest absolute Gasteiger partial charge is 0.304 e. The Balaban J connectivity index is 0.00000192. The van der Waals surface area contributed by atoms with Crippen molar-refractivity contribution in [1.29, 1.82) is 0 Å². The van der Waals surface area contributed by atoms with Gasteiger partial charge in [-0.25, -0.2) is 17.7 Å². The molecule has 0 bridgehead atoms. The highest BCUT2D eigenvalue weighted by Crippen LogP contribution is 2.36. The van der Waals surface area contributed by atoms with E-state index in [1.807, 2.05) is 24.3 Å². The highest BCUT2D eigenvalue weighted by Gasteiger charge is 2.44. The van der Waals surface area contributed by atoms with Gasteiger partial charge in [0.15, 0.2) is 0 Å². The van der Waals surface area contributed by atoms with Gasteiger partial charge in [-0.15, -0.1) is 0 Å². The van der Waals surface area contributed by atoms with Crippen LogP contribution in [0.15, 0.2) is 30.6 Å². The first kappa shape index (κ1) is 18.8. The third-order valence-corrected chi connectivity index (χ3v) is 5.04. The Morgan fingerprint density at radius 3 is 2.32 bits per heavy atom. The monoisotopic (exact) mass is 415 g/mol. The summed E-state index contributed by atoms with van der Waals surface area (Å²) in [6.45, 7) is 0.0670. The average Bonchev–Trinajstić information content (AvgIpc) is 3.25. The van der Waals surface area contributed by atoms with Crippen molar-refractivity contribution in [3.63, 3.8) is 0 Å². The predicted octanol–water partition coefficient (Wildman–Crippen LogP) is -0.0964. The van der Waals surface area contributed by atoms with Crippen molar-refractivity contribution in [3.05, 3.63) is 76.6 Å². The van der Waals surface area contributed by atoms with E-state index in [4.69, 9.17) is 4.74 Å². The molecule has 0 saturated heterocycles. The summed E-state index contributed by atoms with van der Waals surface area (Å²) in [7, 11) is 0. The van der Waals surface area contributed by atoms with Crippen molar-refractivity contribution in [3.8, 4) is 5.69 Å². The molecule has 0 fully saturated rings. The van der Waals surface area contributed by atoms with Crippen LogP contribution in [0.4, 0.5) is 22.0 Å². The molecule has 1 aliphatic heterocycles. The van der Waals surface area contributed by atoms with Gasteiger partial charge < -0.3 is 17.1 Å². The topological polar surface area (TPSA) is 30.9 Å². The lowest BCUT2D eigenvalue weighted by molar-refractivity contribution is -0.739. The van der Waals surface area contributed by atoms with Crippen LogP contribution in [0.5, 0.6) is 0 Å². The number of rotatable bonds is 1. The molecule has 0 N–H and O–H groups in total. The molecule has 2 atom stereocenters. The molecule has 0 radical (unpaired) electrons. The fourth-order valence-corrected chi connectivity index (χ4v) is 3.82. The Kier molecular flexibility index (Phi) is 4.39. The van der Waals surface area contributed by atoms with E-state index in [2.05, 4.69) is 5.10 Å². The van der Waals surface area contributed by atoms with Gasteiger partial charge in [0, 0.05) is 11.5 Å². The number of hydrogen-bond donors (Lipinski definition) is 0. The van der Waals surface area contributed by atoms with E-state index >= 15 is 0 Å². The molecule has 1 aromatic heterocycles. The molecular weight excluding hydrogens is 405 g/mol. The van der Waals surface area contributed by atoms with Crippen LogP contribution in [0.3, 0.4) is 0 Å². The standard InChI is InChI=1S/C18H11F5N3O.ClH/c19-12-13(20)15(22)18(16(23)14(12)21)26-7-25-11(24-26)6-27-10-5-8-3-1-2-4-9(8)17(10)25;/h1-4,7,10,17H,5-6H2;1H/q+1;/p-1/t10-,17+;/m1./s1. The van der Waals surface area contributed by atoms with Gasteiger partial charge in [0.25, 0.3) is 0 Å². The van der Waals surface area contributed by atoms with E-state index in [0.717, 1.165) is 11.1 Å². The van der Waals surface area contributed by atoms with Gasteiger partial charge in [-0.05, 0) is 11.1 Å². The Hall–Kier alpha value is -2.52. The third-order valence-electron chi connectivity index (χ3n) is 5.04. The Bertz CT molecular complexity index is 1070. The maximum atomic E-state index is 14.1. The van der Waals surface area contributed by atoms with Crippen LogP contribution >= 0.6 is 0 Å². The molecule has 2 aliphatic rings. The van der Waals surface area contributed by atoms with Crippen LogP contribution in [-0.4, -0.2) is 15.9 Å². The van der Waals surface area contributed by atoms with E-state index < -0.39 is 34.8 Å². The summed E-state index contributed by atoms with van der Waals surface area (Å²) in [6.07, 6.45) is 1.73. The van der Waals surface area contributed by atoms with Crippen LogP contribution in [0.1, 0.15) is 23.0 Å². The van der Waals surface area contributed by atoms with Crippen LogP contribution in [0, 0.1) is 29.1 Å². The minimum Gasteiger partial charge on any atom is -1.00 e. The molecule has 2 heterocycles. The third kappa shape index (κ3) is 2.46. The summed E-state index contributed by atoms with van der Waals surface area (Å²) in [5.41, 5.74) is 0.943. The van der Waals surface area contributed by atoms with Gasteiger partial charge in [-0.1, -0.05) is 28.9 Å². The zero-order valence-corrected chi connectivity index (χ0v) is 14.7. The maximum absolute atomic E-state index is 14.1. The summed E-state index contributed by atoms with van der Waals surface area (Å²) in [4.78, 5) is 0. The lowest BCUT2D eigenvalue weighted by Gasteiger charge is -2.23. The molecule has 3 aromatic rings. The van der Waals surface area contributed by atoms with Crippen molar-refractivity contribution >= 4 is 0 Å². The highest BCUT2D eigenvalue weighted by molar-refractivity contribution is 5.37. The molecule has 0 unspecified atom stereocenters. The van der Waals surface area contributed by atoms with Gasteiger partial charge in [0.2, 0.25) is 41.1 Å². The first-order valence-corrected chi connectivity index (χ1v) is 8.18. The van der Waals surface area contributed by atoms with Crippen molar-refractivity contribution in [1.82, 2.24) is 9.78 Å². The predicted molar refractivity (Wildman–Crippen MR) is 80.4 cm³/mol. The summed E-state index contributed by atoms with van der Waals surface area (Å²) < 4.78 is 76.8. The fraction of sp³-hybridized carbons (Fsp3) is 0.222. The second-order valence-corrected chi connectivity index (χ2v) is 6.50. The van der Waals surface area contributed by atoms with Crippen molar-refractivity contribution in [2.24, 2.45) is 0 Å². The van der Waals surface area contributed by atoms with Crippen LogP contribution in [0.25, 0.3) is 5.69 Å². The van der Waals surface area contributed by atoms with Crippen LogP contribution in [-0.2, 0) is 17.8 Å². The zero-order valence-electron chi connectivity index (χ0n) is 14.0.